The summed E-state index contributed by atoms with van der Waals surface area (Å²) in [6.07, 6.45) is 1.21. The Balaban J connectivity index is 1.46. The summed E-state index contributed by atoms with van der Waals surface area (Å²) in [5.41, 5.74) is 4.16. The number of fused-ring (bicyclic) bond motifs is 2. The minimum absolute atomic E-state index is 0.0297. The average Bonchev–Trinajstić information content (AvgIpc) is 3.24. The molecule has 1 aliphatic heterocycles. The highest BCUT2D eigenvalue weighted by Gasteiger charge is 2.30. The molecule has 3 aromatic heterocycles. The van der Waals surface area contributed by atoms with Crippen molar-refractivity contribution in [1.29, 1.82) is 0 Å². The molecule has 0 bridgehead atoms. The van der Waals surface area contributed by atoms with Crippen LogP contribution in [0.2, 0.25) is 0 Å². The van der Waals surface area contributed by atoms with Crippen molar-refractivity contribution in [3.05, 3.63) is 114 Å². The number of imidazole rings is 1. The molecule has 1 atom stereocenters. The predicted molar refractivity (Wildman–Crippen MR) is 139 cm³/mol. The molecule has 0 aliphatic carbocycles. The maximum absolute atomic E-state index is 14.0. The summed E-state index contributed by atoms with van der Waals surface area (Å²) in [5.74, 6) is -1.74. The van der Waals surface area contributed by atoms with Crippen LogP contribution < -0.4 is 10.6 Å². The number of anilines is 1. The lowest BCUT2D eigenvalue weighted by Gasteiger charge is -2.14. The number of carbonyl (C=O) groups is 2. The summed E-state index contributed by atoms with van der Waals surface area (Å²) in [5, 5.41) is 10.0. The standard InChI is InChI=1S/C28H20FN7O2/c1-16-11-12-22-32-24(18-13-19(29)15-30-14-18)25(36(22)35-16)27(37)34-26-28(38)31-21-10-6-5-9-20(21)23(33-26)17-7-3-2-4-8-17/h2-15,26H,1H3,(H,31,38)(H,34,37)/t26-/m1/s1. The van der Waals surface area contributed by atoms with E-state index in [1.807, 2.05) is 48.5 Å². The van der Waals surface area contributed by atoms with E-state index < -0.39 is 23.8 Å². The Morgan fingerprint density at radius 3 is 2.61 bits per heavy atom. The molecule has 10 heteroatoms. The Kier molecular flexibility index (Phi) is 5.68. The van der Waals surface area contributed by atoms with Crippen molar-refractivity contribution < 1.29 is 14.0 Å². The van der Waals surface area contributed by atoms with E-state index in [1.54, 1.807) is 25.1 Å². The molecule has 5 aromatic rings. The molecule has 186 valence electrons. The molecule has 0 fully saturated rings. The van der Waals surface area contributed by atoms with Crippen LogP contribution in [0.1, 0.15) is 27.3 Å². The van der Waals surface area contributed by atoms with E-state index in [0.717, 1.165) is 17.3 Å². The van der Waals surface area contributed by atoms with Gasteiger partial charge in [0.15, 0.2) is 11.3 Å². The van der Waals surface area contributed by atoms with Crippen LogP contribution in [0.25, 0.3) is 16.9 Å². The Bertz CT molecular complexity index is 1750. The highest BCUT2D eigenvalue weighted by Crippen LogP contribution is 2.26. The normalized spacial score (nSPS) is 14.8. The maximum Gasteiger partial charge on any atom is 0.274 e. The van der Waals surface area contributed by atoms with Gasteiger partial charge in [-0.2, -0.15) is 5.10 Å². The maximum atomic E-state index is 14.0. The third-order valence-corrected chi connectivity index (χ3v) is 6.07. The number of aromatic nitrogens is 4. The number of hydrogen-bond acceptors (Lipinski definition) is 6. The lowest BCUT2D eigenvalue weighted by Crippen LogP contribution is -2.43. The second-order valence-corrected chi connectivity index (χ2v) is 8.70. The monoisotopic (exact) mass is 505 g/mol. The molecule has 2 N–H and O–H groups in total. The SMILES string of the molecule is Cc1ccc2nc(-c3cncc(F)c3)c(C(=O)N[C@H]3N=C(c4ccccc4)c4ccccc4NC3=O)n2n1. The largest absolute Gasteiger partial charge is 0.322 e. The quantitative estimate of drug-likeness (QED) is 0.386. The fourth-order valence-electron chi connectivity index (χ4n) is 4.34. The summed E-state index contributed by atoms with van der Waals surface area (Å²) in [6.45, 7) is 1.77. The van der Waals surface area contributed by atoms with Gasteiger partial charge in [-0.25, -0.2) is 18.9 Å². The van der Waals surface area contributed by atoms with Crippen molar-refractivity contribution in [2.24, 2.45) is 4.99 Å². The van der Waals surface area contributed by atoms with Crippen molar-refractivity contribution >= 4 is 28.9 Å². The number of nitrogens with one attached hydrogen (secondary N) is 2. The van der Waals surface area contributed by atoms with E-state index in [4.69, 9.17) is 0 Å². The van der Waals surface area contributed by atoms with Gasteiger partial charge in [-0.1, -0.05) is 48.5 Å². The lowest BCUT2D eigenvalue weighted by atomic mass is 10.0. The topological polar surface area (TPSA) is 114 Å². The Morgan fingerprint density at radius 2 is 1.79 bits per heavy atom. The number of amides is 2. The molecule has 4 heterocycles. The number of nitrogens with zero attached hydrogens (tertiary/aromatic N) is 5. The number of rotatable bonds is 4. The van der Waals surface area contributed by atoms with Gasteiger partial charge in [0.05, 0.1) is 23.3 Å². The number of aryl methyl sites for hydroxylation is 1. The molecule has 0 unspecified atom stereocenters. The number of benzodiazepines with no additional fused rings is 1. The third-order valence-electron chi connectivity index (χ3n) is 6.07. The molecular formula is C28H20FN7O2. The van der Waals surface area contributed by atoms with Crippen molar-refractivity contribution in [1.82, 2.24) is 24.9 Å². The van der Waals surface area contributed by atoms with Gasteiger partial charge in [0.25, 0.3) is 11.8 Å². The molecule has 0 saturated carbocycles. The van der Waals surface area contributed by atoms with E-state index in [1.165, 1.54) is 16.8 Å². The van der Waals surface area contributed by atoms with Crippen molar-refractivity contribution in [2.45, 2.75) is 13.1 Å². The number of carbonyl (C=O) groups excluding carboxylic acids is 2. The van der Waals surface area contributed by atoms with E-state index >= 15 is 0 Å². The van der Waals surface area contributed by atoms with E-state index in [9.17, 15) is 14.0 Å². The van der Waals surface area contributed by atoms with Gasteiger partial charge >= 0.3 is 0 Å². The third kappa shape index (κ3) is 4.17. The lowest BCUT2D eigenvalue weighted by molar-refractivity contribution is -0.117. The van der Waals surface area contributed by atoms with Crippen molar-refractivity contribution in [2.75, 3.05) is 5.32 Å². The van der Waals surface area contributed by atoms with Crippen LogP contribution in [0.4, 0.5) is 10.1 Å². The molecule has 9 nitrogen and oxygen atoms in total. The van der Waals surface area contributed by atoms with Gasteiger partial charge in [0.1, 0.15) is 11.5 Å². The number of aliphatic imine (C=N–C) groups is 1. The number of benzene rings is 2. The smallest absolute Gasteiger partial charge is 0.274 e. The first-order valence-electron chi connectivity index (χ1n) is 11.8. The van der Waals surface area contributed by atoms with Gasteiger partial charge in [-0.3, -0.25) is 14.6 Å². The zero-order chi connectivity index (χ0) is 26.2. The summed E-state index contributed by atoms with van der Waals surface area (Å²) in [6, 6.07) is 21.4. The second-order valence-electron chi connectivity index (χ2n) is 8.70. The number of para-hydroxylation sites is 1. The molecule has 0 spiro atoms. The number of pyridine rings is 1. The zero-order valence-corrected chi connectivity index (χ0v) is 20.1. The summed E-state index contributed by atoms with van der Waals surface area (Å²) in [7, 11) is 0. The van der Waals surface area contributed by atoms with Gasteiger partial charge in [0.2, 0.25) is 6.17 Å². The summed E-state index contributed by atoms with van der Waals surface area (Å²) >= 11 is 0. The van der Waals surface area contributed by atoms with Crippen LogP contribution in [0.15, 0.2) is 90.2 Å². The fraction of sp³-hybridized carbons (Fsp3) is 0.0714. The molecule has 2 amide bonds. The molecule has 6 rings (SSSR count). The molecule has 2 aromatic carbocycles. The van der Waals surface area contributed by atoms with E-state index in [-0.39, 0.29) is 11.4 Å². The van der Waals surface area contributed by atoms with Crippen molar-refractivity contribution in [3.8, 4) is 11.3 Å². The first kappa shape index (κ1) is 23.2. The minimum atomic E-state index is -1.26. The Hall–Kier alpha value is -5.25. The number of halogens is 1. The van der Waals surface area contributed by atoms with Crippen LogP contribution >= 0.6 is 0 Å². The predicted octanol–water partition coefficient (Wildman–Crippen LogP) is 3.78. The van der Waals surface area contributed by atoms with Crippen LogP contribution in [-0.4, -0.2) is 43.3 Å². The van der Waals surface area contributed by atoms with E-state index in [2.05, 4.69) is 30.7 Å². The van der Waals surface area contributed by atoms with Gasteiger partial charge in [-0.15, -0.1) is 0 Å². The molecule has 0 radical (unpaired) electrons. The number of hydrogen-bond donors (Lipinski definition) is 2. The summed E-state index contributed by atoms with van der Waals surface area (Å²) in [4.78, 5) is 40.1. The molecule has 38 heavy (non-hydrogen) atoms. The van der Waals surface area contributed by atoms with Gasteiger partial charge in [-0.05, 0) is 31.2 Å². The van der Waals surface area contributed by atoms with Crippen LogP contribution in [-0.2, 0) is 4.79 Å². The minimum Gasteiger partial charge on any atom is -0.322 e. The Morgan fingerprint density at radius 1 is 1.00 bits per heavy atom. The van der Waals surface area contributed by atoms with Gasteiger partial charge in [0, 0.05) is 22.9 Å². The fourth-order valence-corrected chi connectivity index (χ4v) is 4.34. The molecule has 1 aliphatic rings. The Labute approximate surface area is 216 Å². The molecular weight excluding hydrogens is 485 g/mol. The highest BCUT2D eigenvalue weighted by atomic mass is 19.1. The van der Waals surface area contributed by atoms with Crippen LogP contribution in [0.5, 0.6) is 0 Å². The highest BCUT2D eigenvalue weighted by molar-refractivity contribution is 6.20. The first-order chi connectivity index (χ1) is 18.5. The second kappa shape index (κ2) is 9.32. The molecule has 0 saturated heterocycles. The average molecular weight is 506 g/mol. The van der Waals surface area contributed by atoms with Crippen molar-refractivity contribution in [3.63, 3.8) is 0 Å². The van der Waals surface area contributed by atoms with Gasteiger partial charge < -0.3 is 10.6 Å². The van der Waals surface area contributed by atoms with E-state index in [0.29, 0.717) is 28.3 Å². The van der Waals surface area contributed by atoms with Crippen LogP contribution in [0, 0.1) is 12.7 Å². The zero-order valence-electron chi connectivity index (χ0n) is 20.1. The summed E-state index contributed by atoms with van der Waals surface area (Å²) < 4.78 is 15.4. The first-order valence-corrected chi connectivity index (χ1v) is 11.8. The van der Waals surface area contributed by atoms with Crippen LogP contribution in [0.3, 0.4) is 0 Å².